The molecule has 1 atom stereocenters. The first-order chi connectivity index (χ1) is 13.0. The molecule has 0 radical (unpaired) electrons. The van der Waals surface area contributed by atoms with Gasteiger partial charge < -0.3 is 14.7 Å². The molecule has 2 saturated heterocycles. The van der Waals surface area contributed by atoms with Crippen molar-refractivity contribution in [2.24, 2.45) is 0 Å². The van der Waals surface area contributed by atoms with Crippen molar-refractivity contribution in [1.29, 1.82) is 0 Å². The number of anilines is 1. The van der Waals surface area contributed by atoms with Crippen LogP contribution < -0.4 is 10.2 Å². The zero-order valence-electron chi connectivity index (χ0n) is 16.8. The van der Waals surface area contributed by atoms with Gasteiger partial charge in [-0.15, -0.1) is 0 Å². The van der Waals surface area contributed by atoms with Crippen LogP contribution in [0, 0.1) is 0 Å². The van der Waals surface area contributed by atoms with E-state index in [4.69, 9.17) is 4.52 Å². The maximum atomic E-state index is 5.29. The van der Waals surface area contributed by atoms with Gasteiger partial charge in [0.1, 0.15) is 6.26 Å². The molecule has 2 aliphatic heterocycles. The van der Waals surface area contributed by atoms with E-state index < -0.39 is 0 Å². The first kappa shape index (κ1) is 18.5. The van der Waals surface area contributed by atoms with Crippen LogP contribution in [0.2, 0.25) is 0 Å². The van der Waals surface area contributed by atoms with Crippen molar-refractivity contribution in [2.75, 3.05) is 44.2 Å². The van der Waals surface area contributed by atoms with Gasteiger partial charge in [-0.2, -0.15) is 5.10 Å². The number of piperazine rings is 1. The number of hydrogen-bond acceptors (Lipinski definition) is 6. The van der Waals surface area contributed by atoms with Crippen molar-refractivity contribution in [1.82, 2.24) is 25.6 Å². The summed E-state index contributed by atoms with van der Waals surface area (Å²) >= 11 is 0. The Hall–Kier alpha value is -1.86. The topological polar surface area (TPSA) is 73.2 Å². The predicted molar refractivity (Wildman–Crippen MR) is 106 cm³/mol. The molecular formula is C20H32N6O. The van der Waals surface area contributed by atoms with Crippen LogP contribution in [-0.4, -0.2) is 59.5 Å². The standard InChI is InChI=1S/C20H32N6O/c1-20(2,3)19-16(14-27-24-19)13-25-8-4-5-15(12-25)17-11-18(23-22-17)26-9-6-21-7-10-26/h11,14-15,21H,4-10,12-13H2,1-3H3,(H,22,23). The Kier molecular flexibility index (Phi) is 5.23. The fourth-order valence-electron chi connectivity index (χ4n) is 4.27. The summed E-state index contributed by atoms with van der Waals surface area (Å²) in [7, 11) is 0. The number of hydrogen-bond donors (Lipinski definition) is 2. The molecule has 2 N–H and O–H groups in total. The van der Waals surface area contributed by atoms with E-state index >= 15 is 0 Å². The Bertz CT molecular complexity index is 740. The van der Waals surface area contributed by atoms with Crippen LogP contribution in [0.4, 0.5) is 5.82 Å². The molecule has 0 amide bonds. The molecule has 27 heavy (non-hydrogen) atoms. The highest BCUT2D eigenvalue weighted by atomic mass is 16.5. The highest BCUT2D eigenvalue weighted by Gasteiger charge is 2.27. The fourth-order valence-corrected chi connectivity index (χ4v) is 4.27. The molecule has 0 bridgehead atoms. The van der Waals surface area contributed by atoms with Crippen molar-refractivity contribution >= 4 is 5.82 Å². The van der Waals surface area contributed by atoms with Crippen LogP contribution in [0.3, 0.4) is 0 Å². The number of aromatic amines is 1. The number of rotatable bonds is 4. The lowest BCUT2D eigenvalue weighted by atomic mass is 9.89. The highest BCUT2D eigenvalue weighted by Crippen LogP contribution is 2.30. The summed E-state index contributed by atoms with van der Waals surface area (Å²) in [6.45, 7) is 13.8. The molecule has 7 heteroatoms. The van der Waals surface area contributed by atoms with Gasteiger partial charge in [0.15, 0.2) is 5.82 Å². The molecule has 0 aromatic carbocycles. The summed E-state index contributed by atoms with van der Waals surface area (Å²) in [5, 5.41) is 15.6. The quantitative estimate of drug-likeness (QED) is 0.859. The molecule has 4 rings (SSSR count). The number of piperidine rings is 1. The summed E-state index contributed by atoms with van der Waals surface area (Å²) in [5.74, 6) is 1.61. The number of nitrogens with zero attached hydrogens (tertiary/aromatic N) is 4. The van der Waals surface area contributed by atoms with Gasteiger partial charge in [0.2, 0.25) is 0 Å². The largest absolute Gasteiger partial charge is 0.364 e. The smallest absolute Gasteiger partial charge is 0.150 e. The average Bonchev–Trinajstić information content (AvgIpc) is 3.32. The molecule has 2 aliphatic rings. The molecule has 2 aromatic rings. The number of H-pyrrole nitrogens is 1. The Labute approximate surface area is 161 Å². The maximum absolute atomic E-state index is 5.29. The molecule has 0 saturated carbocycles. The molecule has 2 aromatic heterocycles. The Morgan fingerprint density at radius 1 is 1.22 bits per heavy atom. The van der Waals surface area contributed by atoms with E-state index in [9.17, 15) is 0 Å². The third-order valence-corrected chi connectivity index (χ3v) is 5.72. The second kappa shape index (κ2) is 7.64. The van der Waals surface area contributed by atoms with E-state index in [1.165, 1.54) is 24.1 Å². The van der Waals surface area contributed by atoms with Crippen LogP contribution in [0.1, 0.15) is 56.5 Å². The Morgan fingerprint density at radius 3 is 2.81 bits per heavy atom. The minimum atomic E-state index is 0.0130. The van der Waals surface area contributed by atoms with Gasteiger partial charge in [-0.1, -0.05) is 25.9 Å². The second-order valence-corrected chi connectivity index (χ2v) is 8.93. The van der Waals surface area contributed by atoms with Crippen LogP contribution in [-0.2, 0) is 12.0 Å². The second-order valence-electron chi connectivity index (χ2n) is 8.93. The van der Waals surface area contributed by atoms with Crippen LogP contribution >= 0.6 is 0 Å². The lowest BCUT2D eigenvalue weighted by Gasteiger charge is -2.32. The lowest BCUT2D eigenvalue weighted by molar-refractivity contribution is 0.197. The summed E-state index contributed by atoms with van der Waals surface area (Å²) in [4.78, 5) is 4.89. The maximum Gasteiger partial charge on any atom is 0.150 e. The third-order valence-electron chi connectivity index (χ3n) is 5.72. The molecule has 7 nitrogen and oxygen atoms in total. The van der Waals surface area contributed by atoms with Gasteiger partial charge in [-0.25, -0.2) is 0 Å². The van der Waals surface area contributed by atoms with Crippen molar-refractivity contribution in [3.05, 3.63) is 29.3 Å². The SMILES string of the molecule is CC(C)(C)c1nocc1CN1CCCC(c2cc(N3CCNCC3)n[nH]2)C1. The molecular weight excluding hydrogens is 340 g/mol. The van der Waals surface area contributed by atoms with E-state index in [-0.39, 0.29) is 5.41 Å². The average molecular weight is 373 g/mol. The first-order valence-electron chi connectivity index (χ1n) is 10.2. The molecule has 1 unspecified atom stereocenters. The monoisotopic (exact) mass is 372 g/mol. The predicted octanol–water partition coefficient (Wildman–Crippen LogP) is 2.48. The molecule has 0 spiro atoms. The van der Waals surface area contributed by atoms with E-state index in [0.717, 1.165) is 57.3 Å². The summed E-state index contributed by atoms with van der Waals surface area (Å²) in [6.07, 6.45) is 4.25. The summed E-state index contributed by atoms with van der Waals surface area (Å²) < 4.78 is 5.29. The Balaban J connectivity index is 1.41. The van der Waals surface area contributed by atoms with Gasteiger partial charge in [0.05, 0.1) is 5.69 Å². The van der Waals surface area contributed by atoms with Gasteiger partial charge in [0, 0.05) is 67.9 Å². The van der Waals surface area contributed by atoms with Crippen molar-refractivity contribution in [2.45, 2.75) is 51.5 Å². The van der Waals surface area contributed by atoms with E-state index in [0.29, 0.717) is 5.92 Å². The minimum absolute atomic E-state index is 0.0130. The normalized spacial score (nSPS) is 22.3. The molecule has 4 heterocycles. The number of aromatic nitrogens is 3. The number of nitrogens with one attached hydrogen (secondary N) is 2. The first-order valence-corrected chi connectivity index (χ1v) is 10.2. The zero-order valence-corrected chi connectivity index (χ0v) is 16.8. The summed E-state index contributed by atoms with van der Waals surface area (Å²) in [6, 6.07) is 2.26. The lowest BCUT2D eigenvalue weighted by Crippen LogP contribution is -2.43. The van der Waals surface area contributed by atoms with E-state index in [1.54, 1.807) is 0 Å². The van der Waals surface area contributed by atoms with Gasteiger partial charge in [-0.3, -0.25) is 10.00 Å². The fraction of sp³-hybridized carbons (Fsp3) is 0.700. The Morgan fingerprint density at radius 2 is 2.04 bits per heavy atom. The third kappa shape index (κ3) is 4.19. The van der Waals surface area contributed by atoms with E-state index in [2.05, 4.69) is 57.3 Å². The minimum Gasteiger partial charge on any atom is -0.364 e. The van der Waals surface area contributed by atoms with Crippen LogP contribution in [0.15, 0.2) is 16.9 Å². The molecule has 0 aliphatic carbocycles. The van der Waals surface area contributed by atoms with Crippen molar-refractivity contribution < 1.29 is 4.52 Å². The van der Waals surface area contributed by atoms with Gasteiger partial charge >= 0.3 is 0 Å². The highest BCUT2D eigenvalue weighted by molar-refractivity contribution is 5.41. The van der Waals surface area contributed by atoms with Gasteiger partial charge in [0.25, 0.3) is 0 Å². The van der Waals surface area contributed by atoms with Crippen LogP contribution in [0.25, 0.3) is 0 Å². The van der Waals surface area contributed by atoms with Crippen LogP contribution in [0.5, 0.6) is 0 Å². The molecule has 148 valence electrons. The zero-order chi connectivity index (χ0) is 18.9. The number of likely N-dealkylation sites (tertiary alicyclic amines) is 1. The van der Waals surface area contributed by atoms with E-state index in [1.807, 2.05) is 6.26 Å². The molecule has 2 fully saturated rings. The van der Waals surface area contributed by atoms with Crippen molar-refractivity contribution in [3.63, 3.8) is 0 Å². The van der Waals surface area contributed by atoms with Crippen molar-refractivity contribution in [3.8, 4) is 0 Å². The summed E-state index contributed by atoms with van der Waals surface area (Å²) in [5.41, 5.74) is 3.58. The van der Waals surface area contributed by atoms with Gasteiger partial charge in [-0.05, 0) is 19.4 Å².